The predicted molar refractivity (Wildman–Crippen MR) is 90.9 cm³/mol. The molecule has 2 aromatic carbocycles. The monoisotopic (exact) mass is 331 g/mol. The van der Waals surface area contributed by atoms with E-state index in [0.717, 1.165) is 41.4 Å². The van der Waals surface area contributed by atoms with Gasteiger partial charge in [-0.05, 0) is 42.5 Å². The van der Waals surface area contributed by atoms with Gasteiger partial charge in [0, 0.05) is 5.39 Å². The normalized spacial score (nSPS) is 15.4. The van der Waals surface area contributed by atoms with Crippen LogP contribution in [0.3, 0.4) is 0 Å². The van der Waals surface area contributed by atoms with Crippen LogP contribution in [0.4, 0.5) is 0 Å². The molecule has 122 valence electrons. The molecule has 6 nitrogen and oxygen atoms in total. The topological polar surface area (TPSA) is 95.0 Å². The van der Waals surface area contributed by atoms with Crippen LogP contribution in [0.2, 0.25) is 0 Å². The number of hydrogen-bond acceptors (Lipinski definition) is 4. The van der Waals surface area contributed by atoms with Gasteiger partial charge in [0.1, 0.15) is 11.8 Å². The number of ether oxygens (including phenoxy) is 1. The number of nitrogens with zero attached hydrogens (tertiary/aromatic N) is 1. The summed E-state index contributed by atoms with van der Waals surface area (Å²) in [5.74, 6) is -0.284. The molecule has 1 aliphatic carbocycles. The molecule has 0 atom stereocenters. The van der Waals surface area contributed by atoms with Crippen molar-refractivity contribution >= 4 is 33.6 Å². The number of fused-ring (bicyclic) bond motifs is 8. The molecule has 3 aromatic rings. The smallest absolute Gasteiger partial charge is 0.259 e. The Kier molecular flexibility index (Phi) is 2.59. The van der Waals surface area contributed by atoms with Gasteiger partial charge >= 0.3 is 0 Å². The molecule has 0 radical (unpaired) electrons. The number of aromatic nitrogens is 1. The SMILES string of the molecule is COc1c(C#N)ccc2[nH]c3c4c(c5c(c3c12)C(=O)NC5=O)CCC4. The summed E-state index contributed by atoms with van der Waals surface area (Å²) in [5.41, 5.74) is 5.03. The number of benzene rings is 2. The van der Waals surface area contributed by atoms with Crippen LogP contribution in [0.25, 0.3) is 21.8 Å². The second kappa shape index (κ2) is 4.61. The van der Waals surface area contributed by atoms with Crippen molar-refractivity contribution in [2.75, 3.05) is 7.11 Å². The Labute approximate surface area is 142 Å². The number of carbonyl (C=O) groups excluding carboxylic acids is 2. The summed E-state index contributed by atoms with van der Waals surface area (Å²) < 4.78 is 5.50. The van der Waals surface area contributed by atoms with Crippen molar-refractivity contribution in [1.29, 1.82) is 5.26 Å². The molecule has 1 aromatic heterocycles. The third kappa shape index (κ3) is 1.57. The molecule has 1 aliphatic heterocycles. The second-order valence-electron chi connectivity index (χ2n) is 6.40. The van der Waals surface area contributed by atoms with E-state index in [2.05, 4.69) is 16.4 Å². The Balaban J connectivity index is 2.09. The van der Waals surface area contributed by atoms with Crippen LogP contribution >= 0.6 is 0 Å². The average Bonchev–Trinajstić information content (AvgIpc) is 3.29. The fourth-order valence-corrected chi connectivity index (χ4v) is 4.31. The van der Waals surface area contributed by atoms with Crippen LogP contribution in [-0.4, -0.2) is 23.9 Å². The highest BCUT2D eigenvalue weighted by Crippen LogP contribution is 2.44. The average molecular weight is 331 g/mol. The number of carbonyl (C=O) groups is 2. The van der Waals surface area contributed by atoms with Gasteiger partial charge in [-0.3, -0.25) is 14.9 Å². The molecule has 0 bridgehead atoms. The van der Waals surface area contributed by atoms with Crippen molar-refractivity contribution in [2.45, 2.75) is 19.3 Å². The number of amides is 2. The van der Waals surface area contributed by atoms with E-state index in [1.807, 2.05) is 6.07 Å². The number of rotatable bonds is 1. The number of nitriles is 1. The van der Waals surface area contributed by atoms with Crippen molar-refractivity contribution in [1.82, 2.24) is 10.3 Å². The fraction of sp³-hybridized carbons (Fsp3) is 0.211. The van der Waals surface area contributed by atoms with E-state index in [4.69, 9.17) is 4.74 Å². The largest absolute Gasteiger partial charge is 0.495 e. The maximum atomic E-state index is 12.5. The maximum Gasteiger partial charge on any atom is 0.259 e. The second-order valence-corrected chi connectivity index (χ2v) is 6.40. The third-order valence-electron chi connectivity index (χ3n) is 5.24. The maximum absolute atomic E-state index is 12.5. The first kappa shape index (κ1) is 14.1. The zero-order valence-corrected chi connectivity index (χ0v) is 13.4. The van der Waals surface area contributed by atoms with Gasteiger partial charge in [-0.2, -0.15) is 5.26 Å². The van der Waals surface area contributed by atoms with E-state index in [1.54, 1.807) is 6.07 Å². The van der Waals surface area contributed by atoms with Crippen LogP contribution in [0.5, 0.6) is 5.75 Å². The van der Waals surface area contributed by atoms with E-state index in [1.165, 1.54) is 7.11 Å². The number of aryl methyl sites for hydroxylation is 1. The van der Waals surface area contributed by atoms with Crippen LogP contribution < -0.4 is 10.1 Å². The number of H-pyrrole nitrogens is 1. The fourth-order valence-electron chi connectivity index (χ4n) is 4.31. The summed E-state index contributed by atoms with van der Waals surface area (Å²) in [6.07, 6.45) is 2.61. The van der Waals surface area contributed by atoms with E-state index < -0.39 is 0 Å². The predicted octanol–water partition coefficient (Wildman–Crippen LogP) is 2.57. The van der Waals surface area contributed by atoms with Crippen LogP contribution in [0, 0.1) is 11.3 Å². The van der Waals surface area contributed by atoms with Gasteiger partial charge in [0.15, 0.2) is 0 Å². The first-order chi connectivity index (χ1) is 12.2. The third-order valence-corrected chi connectivity index (χ3v) is 5.24. The number of hydrogen-bond donors (Lipinski definition) is 2. The lowest BCUT2D eigenvalue weighted by Gasteiger charge is -2.09. The summed E-state index contributed by atoms with van der Waals surface area (Å²) >= 11 is 0. The Hall–Kier alpha value is -3.33. The molecule has 0 saturated heterocycles. The van der Waals surface area contributed by atoms with Gasteiger partial charge in [0.2, 0.25) is 0 Å². The summed E-state index contributed by atoms with van der Waals surface area (Å²) in [6, 6.07) is 5.64. The quantitative estimate of drug-likeness (QED) is 0.670. The summed E-state index contributed by atoms with van der Waals surface area (Å²) in [4.78, 5) is 28.3. The summed E-state index contributed by atoms with van der Waals surface area (Å²) in [6.45, 7) is 0. The molecular weight excluding hydrogens is 318 g/mol. The number of methoxy groups -OCH3 is 1. The number of imide groups is 1. The van der Waals surface area contributed by atoms with Gasteiger partial charge < -0.3 is 9.72 Å². The minimum Gasteiger partial charge on any atom is -0.495 e. The van der Waals surface area contributed by atoms with E-state index in [9.17, 15) is 14.9 Å². The van der Waals surface area contributed by atoms with E-state index in [-0.39, 0.29) is 11.8 Å². The lowest BCUT2D eigenvalue weighted by molar-refractivity contribution is 0.0880. The van der Waals surface area contributed by atoms with Crippen molar-refractivity contribution in [3.63, 3.8) is 0 Å². The Morgan fingerprint density at radius 1 is 1.08 bits per heavy atom. The minimum atomic E-state index is -0.384. The van der Waals surface area contributed by atoms with Gasteiger partial charge in [-0.25, -0.2) is 0 Å². The molecule has 0 spiro atoms. The Morgan fingerprint density at radius 2 is 1.84 bits per heavy atom. The highest BCUT2D eigenvalue weighted by molar-refractivity contribution is 6.32. The van der Waals surface area contributed by atoms with Crippen LogP contribution in [0.1, 0.15) is 43.8 Å². The highest BCUT2D eigenvalue weighted by atomic mass is 16.5. The lowest BCUT2D eigenvalue weighted by Crippen LogP contribution is -2.20. The van der Waals surface area contributed by atoms with Gasteiger partial charge in [-0.1, -0.05) is 0 Å². The lowest BCUT2D eigenvalue weighted by atomic mass is 9.93. The molecule has 0 unspecified atom stereocenters. The summed E-state index contributed by atoms with van der Waals surface area (Å²) in [5, 5.41) is 13.2. The van der Waals surface area contributed by atoms with Gasteiger partial charge in [0.25, 0.3) is 11.8 Å². The first-order valence-electron chi connectivity index (χ1n) is 8.11. The van der Waals surface area contributed by atoms with E-state index >= 15 is 0 Å². The van der Waals surface area contributed by atoms with Crippen molar-refractivity contribution in [3.8, 4) is 11.8 Å². The molecule has 2 amide bonds. The first-order valence-corrected chi connectivity index (χ1v) is 8.11. The Morgan fingerprint density at radius 3 is 2.60 bits per heavy atom. The zero-order chi connectivity index (χ0) is 17.3. The van der Waals surface area contributed by atoms with Crippen LogP contribution in [0.15, 0.2) is 12.1 Å². The summed E-state index contributed by atoms with van der Waals surface area (Å²) in [7, 11) is 1.51. The molecule has 5 rings (SSSR count). The molecule has 2 aliphatic rings. The number of aromatic amines is 1. The Bertz CT molecular complexity index is 1180. The van der Waals surface area contributed by atoms with Gasteiger partial charge in [-0.15, -0.1) is 0 Å². The van der Waals surface area contributed by atoms with Crippen molar-refractivity contribution < 1.29 is 14.3 Å². The molecule has 25 heavy (non-hydrogen) atoms. The van der Waals surface area contributed by atoms with Crippen LogP contribution in [-0.2, 0) is 12.8 Å². The van der Waals surface area contributed by atoms with E-state index in [0.29, 0.717) is 33.2 Å². The van der Waals surface area contributed by atoms with Crippen molar-refractivity contribution in [3.05, 3.63) is 39.9 Å². The molecule has 2 heterocycles. The van der Waals surface area contributed by atoms with Crippen molar-refractivity contribution in [2.24, 2.45) is 0 Å². The molecule has 2 N–H and O–H groups in total. The molecule has 0 saturated carbocycles. The molecular formula is C19H13N3O3. The zero-order valence-electron chi connectivity index (χ0n) is 13.4. The van der Waals surface area contributed by atoms with Gasteiger partial charge in [0.05, 0.1) is 40.2 Å². The number of nitrogens with one attached hydrogen (secondary N) is 2. The molecule has 0 fully saturated rings. The molecule has 6 heteroatoms. The highest BCUT2D eigenvalue weighted by Gasteiger charge is 2.37. The standard InChI is InChI=1S/C19H13N3O3/c1-25-17-8(7-20)5-6-11-13(17)14-15-12(18(23)22-19(15)24)9-3-2-4-10(9)16(14)21-11/h5-6,21H,2-4H2,1H3,(H,22,23,24). The minimum absolute atomic E-state index is 0.329.